The molecule has 0 amide bonds. The van der Waals surface area contributed by atoms with E-state index in [4.69, 9.17) is 20.4 Å². The first kappa shape index (κ1) is 23.8. The summed E-state index contributed by atoms with van der Waals surface area (Å²) < 4.78 is 52.9. The molecular weight excluding hydrogens is 446 g/mol. The third kappa shape index (κ3) is 6.11. The molecule has 1 aliphatic carbocycles. The summed E-state index contributed by atoms with van der Waals surface area (Å²) in [6.45, 7) is 0.154. The van der Waals surface area contributed by atoms with Gasteiger partial charge in [-0.1, -0.05) is 12.5 Å². The van der Waals surface area contributed by atoms with Crippen molar-refractivity contribution in [3.05, 3.63) is 59.9 Å². The maximum Gasteiger partial charge on any atom is 0.490 e. The van der Waals surface area contributed by atoms with E-state index in [9.17, 15) is 13.2 Å². The number of hydrogen-bond acceptors (Lipinski definition) is 7. The van der Waals surface area contributed by atoms with Crippen molar-refractivity contribution in [2.24, 2.45) is 0 Å². The number of benzene rings is 1. The van der Waals surface area contributed by atoms with Gasteiger partial charge in [0.05, 0.1) is 18.1 Å². The number of carbonyl (C=O) groups is 1. The second-order valence-electron chi connectivity index (χ2n) is 7.11. The van der Waals surface area contributed by atoms with E-state index in [2.05, 4.69) is 20.2 Å². The van der Waals surface area contributed by atoms with Crippen LogP contribution in [-0.4, -0.2) is 37.4 Å². The van der Waals surface area contributed by atoms with E-state index in [1.165, 1.54) is 12.4 Å². The molecule has 3 N–H and O–H groups in total. The predicted octanol–water partition coefficient (Wildman–Crippen LogP) is 4.13. The molecule has 2 heterocycles. The summed E-state index contributed by atoms with van der Waals surface area (Å²) in [5, 5.41) is 14.9. The summed E-state index contributed by atoms with van der Waals surface area (Å²) in [5.41, 5.74) is 7.87. The number of ether oxygens (including phenoxy) is 1. The van der Waals surface area contributed by atoms with Crippen molar-refractivity contribution in [1.82, 2.24) is 20.2 Å². The molecule has 0 saturated heterocycles. The van der Waals surface area contributed by atoms with Crippen LogP contribution in [0.1, 0.15) is 36.4 Å². The minimum Gasteiger partial charge on any atom is -0.484 e. The van der Waals surface area contributed by atoms with Gasteiger partial charge in [0.2, 0.25) is 0 Å². The van der Waals surface area contributed by atoms with Crippen molar-refractivity contribution in [1.29, 1.82) is 0 Å². The molecule has 0 bridgehead atoms. The van der Waals surface area contributed by atoms with Crippen LogP contribution in [0.25, 0.3) is 11.3 Å². The average molecular weight is 465 g/mol. The zero-order chi connectivity index (χ0) is 24.0. The molecule has 1 aromatic carbocycles. The van der Waals surface area contributed by atoms with Crippen LogP contribution in [0.2, 0.25) is 0 Å². The van der Waals surface area contributed by atoms with Crippen LogP contribution in [-0.2, 0) is 11.4 Å². The summed E-state index contributed by atoms with van der Waals surface area (Å²) in [4.78, 5) is 17.1. The summed E-state index contributed by atoms with van der Waals surface area (Å²) in [5.74, 6) is -2.31. The Balaban J connectivity index is 0.000000383. The van der Waals surface area contributed by atoms with E-state index in [1.54, 1.807) is 24.4 Å². The molecule has 0 radical (unpaired) electrons. The maximum absolute atomic E-state index is 15.3. The maximum atomic E-state index is 15.3. The number of carboxylic acids is 1. The van der Waals surface area contributed by atoms with Gasteiger partial charge >= 0.3 is 12.1 Å². The van der Waals surface area contributed by atoms with E-state index < -0.39 is 18.0 Å². The number of rotatable bonds is 5. The van der Waals surface area contributed by atoms with Crippen molar-refractivity contribution < 1.29 is 32.2 Å². The quantitative estimate of drug-likeness (QED) is 0.539. The van der Waals surface area contributed by atoms with Gasteiger partial charge in [-0.15, -0.1) is 0 Å². The zero-order valence-electron chi connectivity index (χ0n) is 17.1. The highest BCUT2D eigenvalue weighted by atomic mass is 19.4. The first-order valence-corrected chi connectivity index (χ1v) is 9.76. The number of hydrogen-bond donors (Lipinski definition) is 2. The van der Waals surface area contributed by atoms with Crippen molar-refractivity contribution in [3.8, 4) is 17.0 Å². The molecule has 0 atom stereocenters. The molecule has 2 aromatic heterocycles. The minimum atomic E-state index is -5.08. The molecule has 1 aliphatic rings. The second kappa shape index (κ2) is 10.2. The van der Waals surface area contributed by atoms with Crippen LogP contribution in [0, 0.1) is 5.82 Å². The van der Waals surface area contributed by atoms with Crippen LogP contribution in [0.15, 0.2) is 42.9 Å². The first-order valence-electron chi connectivity index (χ1n) is 9.76. The van der Waals surface area contributed by atoms with Crippen LogP contribution >= 0.6 is 0 Å². The first-order chi connectivity index (χ1) is 15.7. The Morgan fingerprint density at radius 1 is 1.18 bits per heavy atom. The standard InChI is InChI=1S/C19H18FN5O.C2HF3O2/c20-18-15(16-9-23-17(21)10-22-16)7-6-14(12-3-1-4-12)19(18)26-11-13-5-2-8-24-25-13;3-2(4,5)1(6)7/h2,5-10,12H,1,3-4,11H2,(H2,21,23);(H,6,7). The van der Waals surface area contributed by atoms with E-state index in [0.717, 1.165) is 24.8 Å². The number of carboxylic acid groups (broad SMARTS) is 1. The molecule has 1 fully saturated rings. The van der Waals surface area contributed by atoms with E-state index in [0.29, 0.717) is 28.7 Å². The van der Waals surface area contributed by atoms with Crippen molar-refractivity contribution in [3.63, 3.8) is 0 Å². The lowest BCUT2D eigenvalue weighted by atomic mass is 9.79. The van der Waals surface area contributed by atoms with Crippen LogP contribution in [0.3, 0.4) is 0 Å². The SMILES string of the molecule is Nc1cnc(-c2ccc(C3CCC3)c(OCc3cccnn3)c2F)cn1.O=C(O)C(F)(F)F. The minimum absolute atomic E-state index is 0.154. The number of anilines is 1. The summed E-state index contributed by atoms with van der Waals surface area (Å²) in [6, 6.07) is 7.23. The van der Waals surface area contributed by atoms with Gasteiger partial charge in [-0.25, -0.2) is 14.2 Å². The number of nitrogens with two attached hydrogens (primary N) is 1. The number of halogens is 4. The molecule has 1 saturated carbocycles. The Bertz CT molecular complexity index is 1090. The lowest BCUT2D eigenvalue weighted by Crippen LogP contribution is -2.21. The van der Waals surface area contributed by atoms with Crippen LogP contribution < -0.4 is 10.5 Å². The molecule has 0 spiro atoms. The van der Waals surface area contributed by atoms with Gasteiger partial charge in [-0.3, -0.25) is 4.98 Å². The van der Waals surface area contributed by atoms with E-state index in [-0.39, 0.29) is 12.4 Å². The van der Waals surface area contributed by atoms with Gasteiger partial charge < -0.3 is 15.6 Å². The van der Waals surface area contributed by atoms with Crippen molar-refractivity contribution >= 4 is 11.8 Å². The van der Waals surface area contributed by atoms with Crippen LogP contribution in [0.4, 0.5) is 23.4 Å². The number of nitrogens with zero attached hydrogens (tertiary/aromatic N) is 4. The molecule has 4 rings (SSSR count). The lowest BCUT2D eigenvalue weighted by Gasteiger charge is -2.28. The second-order valence-corrected chi connectivity index (χ2v) is 7.11. The zero-order valence-corrected chi connectivity index (χ0v) is 17.1. The summed E-state index contributed by atoms with van der Waals surface area (Å²) in [7, 11) is 0. The fraction of sp³-hybridized carbons (Fsp3) is 0.286. The Morgan fingerprint density at radius 2 is 1.91 bits per heavy atom. The fourth-order valence-electron chi connectivity index (χ4n) is 2.99. The largest absolute Gasteiger partial charge is 0.490 e. The number of nitrogen functional groups attached to an aromatic ring is 1. The number of alkyl halides is 3. The third-order valence-electron chi connectivity index (χ3n) is 4.85. The predicted molar refractivity (Wildman–Crippen MR) is 108 cm³/mol. The summed E-state index contributed by atoms with van der Waals surface area (Å²) in [6.07, 6.45) is 2.62. The molecular formula is C21H19F4N5O3. The summed E-state index contributed by atoms with van der Waals surface area (Å²) >= 11 is 0. The van der Waals surface area contributed by atoms with Gasteiger partial charge in [0, 0.05) is 17.3 Å². The highest BCUT2D eigenvalue weighted by molar-refractivity contribution is 5.73. The molecule has 174 valence electrons. The smallest absolute Gasteiger partial charge is 0.484 e. The fourth-order valence-corrected chi connectivity index (χ4v) is 2.99. The molecule has 8 nitrogen and oxygen atoms in total. The molecule has 0 aliphatic heterocycles. The van der Waals surface area contributed by atoms with Gasteiger partial charge in [0.1, 0.15) is 18.1 Å². The normalized spacial score (nSPS) is 13.5. The van der Waals surface area contributed by atoms with Gasteiger partial charge in [-0.05, 0) is 37.0 Å². The Hall–Kier alpha value is -3.83. The number of aromatic nitrogens is 4. The van der Waals surface area contributed by atoms with Crippen molar-refractivity contribution in [2.75, 3.05) is 5.73 Å². The average Bonchev–Trinajstić information content (AvgIpc) is 2.74. The van der Waals surface area contributed by atoms with E-state index in [1.807, 2.05) is 6.07 Å². The Kier molecular flexibility index (Phi) is 7.36. The molecule has 12 heteroatoms. The molecule has 33 heavy (non-hydrogen) atoms. The third-order valence-corrected chi connectivity index (χ3v) is 4.85. The van der Waals surface area contributed by atoms with Crippen LogP contribution in [0.5, 0.6) is 5.75 Å². The highest BCUT2D eigenvalue weighted by Gasteiger charge is 2.38. The van der Waals surface area contributed by atoms with E-state index >= 15 is 4.39 Å². The highest BCUT2D eigenvalue weighted by Crippen LogP contribution is 2.43. The Labute approximate surface area is 185 Å². The van der Waals surface area contributed by atoms with Crippen molar-refractivity contribution in [2.45, 2.75) is 38.0 Å². The van der Waals surface area contributed by atoms with Gasteiger partial charge in [0.15, 0.2) is 11.6 Å². The monoisotopic (exact) mass is 465 g/mol. The lowest BCUT2D eigenvalue weighted by molar-refractivity contribution is -0.192. The van der Waals surface area contributed by atoms with Gasteiger partial charge in [0.25, 0.3) is 0 Å². The molecule has 3 aromatic rings. The van der Waals surface area contributed by atoms with Gasteiger partial charge in [-0.2, -0.15) is 23.4 Å². The molecule has 0 unspecified atom stereocenters. The number of aliphatic carboxylic acids is 1. The topological polar surface area (TPSA) is 124 Å². The Morgan fingerprint density at radius 3 is 2.42 bits per heavy atom.